The number of benzene rings is 1. The van der Waals surface area contributed by atoms with E-state index in [0.29, 0.717) is 43.0 Å². The van der Waals surface area contributed by atoms with Crippen LogP contribution in [0.4, 0.5) is 0 Å². The number of nitrogens with zero attached hydrogens (tertiary/aromatic N) is 1. The van der Waals surface area contributed by atoms with Crippen molar-refractivity contribution in [3.8, 4) is 11.5 Å². The minimum atomic E-state index is -0.750. The summed E-state index contributed by atoms with van der Waals surface area (Å²) in [5, 5.41) is 0. The molecule has 2 atom stereocenters. The Hall–Kier alpha value is -2.77. The molecule has 2 aromatic rings. The summed E-state index contributed by atoms with van der Waals surface area (Å²) in [6.45, 7) is 5.83. The van der Waals surface area contributed by atoms with E-state index in [1.807, 2.05) is 50.3 Å². The summed E-state index contributed by atoms with van der Waals surface area (Å²) in [4.78, 5) is 28.9. The number of aromatic nitrogens is 1. The molecule has 0 spiro atoms. The van der Waals surface area contributed by atoms with Crippen LogP contribution in [-0.2, 0) is 19.0 Å². The van der Waals surface area contributed by atoms with Crippen LogP contribution in [0.15, 0.2) is 40.8 Å². The molecule has 3 rings (SSSR count). The van der Waals surface area contributed by atoms with Crippen molar-refractivity contribution < 1.29 is 28.2 Å². The van der Waals surface area contributed by atoms with Crippen LogP contribution in [0.1, 0.15) is 82.0 Å². The van der Waals surface area contributed by atoms with Gasteiger partial charge in [0, 0.05) is 18.4 Å². The van der Waals surface area contributed by atoms with E-state index in [9.17, 15) is 9.59 Å². The first-order valence-electron chi connectivity index (χ1n) is 12.0. The van der Waals surface area contributed by atoms with Crippen LogP contribution in [0, 0.1) is 0 Å². The fourth-order valence-electron chi connectivity index (χ4n) is 3.98. The fourth-order valence-corrected chi connectivity index (χ4v) is 3.98. The summed E-state index contributed by atoms with van der Waals surface area (Å²) in [7, 11) is 1.38. The molecule has 0 amide bonds. The van der Waals surface area contributed by atoms with Crippen molar-refractivity contribution in [2.45, 2.75) is 83.7 Å². The van der Waals surface area contributed by atoms with E-state index in [-0.39, 0.29) is 24.0 Å². The van der Waals surface area contributed by atoms with Crippen molar-refractivity contribution in [3.05, 3.63) is 47.9 Å². The van der Waals surface area contributed by atoms with Crippen LogP contribution in [0.3, 0.4) is 0 Å². The summed E-state index contributed by atoms with van der Waals surface area (Å²) in [6, 6.07) is 9.53. The lowest BCUT2D eigenvalue weighted by Gasteiger charge is -2.16. The second kappa shape index (κ2) is 12.1. The molecule has 1 aliphatic rings. The fraction of sp³-hybridized carbons (Fsp3) is 0.519. The van der Waals surface area contributed by atoms with Gasteiger partial charge in [-0.1, -0.05) is 38.0 Å². The number of hydrogen-bond donors (Lipinski definition) is 0. The van der Waals surface area contributed by atoms with Crippen molar-refractivity contribution in [1.82, 2.24) is 4.98 Å². The number of methoxy groups -OCH3 is 1. The van der Waals surface area contributed by atoms with Gasteiger partial charge in [-0.2, -0.15) is 0 Å². The number of oxazole rings is 1. The molecular weight excluding hydrogens is 434 g/mol. The van der Waals surface area contributed by atoms with Crippen LogP contribution in [-0.4, -0.2) is 41.8 Å². The summed E-state index contributed by atoms with van der Waals surface area (Å²) in [6.07, 6.45) is 7.93. The van der Waals surface area contributed by atoms with E-state index in [1.54, 1.807) is 6.08 Å². The topological polar surface area (TPSA) is 87.9 Å². The Labute approximate surface area is 201 Å². The summed E-state index contributed by atoms with van der Waals surface area (Å²) in [5.41, 5.74) is 1.15. The maximum atomic E-state index is 12.9. The lowest BCUT2D eigenvalue weighted by atomic mass is 10.1. The highest BCUT2D eigenvalue weighted by molar-refractivity contribution is 5.97. The number of unbranched alkanes of at least 4 members (excludes halogenated alkanes) is 2. The normalized spacial score (nSPS) is 19.5. The highest BCUT2D eigenvalue weighted by atomic mass is 16.7. The van der Waals surface area contributed by atoms with Crippen molar-refractivity contribution in [2.24, 2.45) is 0 Å². The number of hydrogen-bond acceptors (Lipinski definition) is 7. The Morgan fingerprint density at radius 2 is 1.85 bits per heavy atom. The first-order valence-corrected chi connectivity index (χ1v) is 12.0. The Bertz CT molecular complexity index is 978. The molecule has 7 nitrogen and oxygen atoms in total. The van der Waals surface area contributed by atoms with Crippen LogP contribution in [0.5, 0.6) is 0 Å². The molecule has 0 N–H and O–H groups in total. The minimum Gasteiger partial charge on any atom is -0.469 e. The SMILES string of the molecule is CCCCCC(=O)c1nc(-c2ccccc2)oc1/C=C/[C@H]1OC(C)(C)O[C@H]1CCCC(=O)OC. The first-order chi connectivity index (χ1) is 16.3. The Morgan fingerprint density at radius 1 is 1.09 bits per heavy atom. The summed E-state index contributed by atoms with van der Waals surface area (Å²) >= 11 is 0. The van der Waals surface area contributed by atoms with Crippen LogP contribution in [0.2, 0.25) is 0 Å². The molecule has 0 saturated carbocycles. The Balaban J connectivity index is 1.80. The van der Waals surface area contributed by atoms with Crippen molar-refractivity contribution in [1.29, 1.82) is 0 Å². The summed E-state index contributed by atoms with van der Waals surface area (Å²) in [5.74, 6) is -0.191. The van der Waals surface area contributed by atoms with E-state index in [2.05, 4.69) is 11.9 Å². The first kappa shape index (κ1) is 25.8. The van der Waals surface area contributed by atoms with Crippen molar-refractivity contribution in [2.75, 3.05) is 7.11 Å². The second-order valence-corrected chi connectivity index (χ2v) is 8.94. The molecule has 1 aromatic heterocycles. The Morgan fingerprint density at radius 3 is 2.56 bits per heavy atom. The molecule has 184 valence electrons. The lowest BCUT2D eigenvalue weighted by molar-refractivity contribution is -0.144. The molecule has 0 unspecified atom stereocenters. The third-order valence-electron chi connectivity index (χ3n) is 5.70. The van der Waals surface area contributed by atoms with E-state index in [1.165, 1.54) is 7.11 Å². The van der Waals surface area contributed by atoms with E-state index >= 15 is 0 Å². The zero-order valence-corrected chi connectivity index (χ0v) is 20.5. The third-order valence-corrected chi connectivity index (χ3v) is 5.70. The molecule has 1 aromatic carbocycles. The predicted molar refractivity (Wildman–Crippen MR) is 129 cm³/mol. The van der Waals surface area contributed by atoms with Gasteiger partial charge in [-0.05, 0) is 57.4 Å². The number of esters is 1. The van der Waals surface area contributed by atoms with Gasteiger partial charge in [0.25, 0.3) is 0 Å². The Kier molecular flexibility index (Phi) is 9.19. The maximum absolute atomic E-state index is 12.9. The highest BCUT2D eigenvalue weighted by Gasteiger charge is 2.39. The zero-order valence-electron chi connectivity index (χ0n) is 20.5. The van der Waals surface area contributed by atoms with E-state index < -0.39 is 5.79 Å². The van der Waals surface area contributed by atoms with Crippen LogP contribution in [0.25, 0.3) is 17.5 Å². The monoisotopic (exact) mass is 469 g/mol. The van der Waals surface area contributed by atoms with Gasteiger partial charge in [-0.25, -0.2) is 4.98 Å². The van der Waals surface area contributed by atoms with Gasteiger partial charge in [0.1, 0.15) is 6.10 Å². The van der Waals surface area contributed by atoms with Crippen molar-refractivity contribution in [3.63, 3.8) is 0 Å². The third kappa shape index (κ3) is 7.11. The number of ketones is 1. The summed E-state index contributed by atoms with van der Waals surface area (Å²) < 4.78 is 22.9. The number of carbonyl (C=O) groups is 2. The molecule has 1 fully saturated rings. The van der Waals surface area contributed by atoms with Gasteiger partial charge in [-0.15, -0.1) is 0 Å². The molecule has 0 radical (unpaired) electrons. The standard InChI is InChI=1S/C27H35NO6/c1-5-6-8-14-20(29)25-23(32-26(28-25)19-12-9-7-10-13-19)18-17-22-21(33-27(2,3)34-22)15-11-16-24(30)31-4/h7,9-10,12-13,17-18,21-22H,5-6,8,11,14-16H2,1-4H3/b18-17+/t21-,22+/m0/s1. The zero-order chi connectivity index (χ0) is 24.6. The van der Waals surface area contributed by atoms with Crippen molar-refractivity contribution >= 4 is 17.8 Å². The molecule has 34 heavy (non-hydrogen) atoms. The average molecular weight is 470 g/mol. The minimum absolute atomic E-state index is 0.0300. The van der Waals surface area contributed by atoms with Crippen LogP contribution >= 0.6 is 0 Å². The molecule has 2 heterocycles. The molecule has 0 aliphatic carbocycles. The average Bonchev–Trinajstić information content (AvgIpc) is 3.38. The smallest absolute Gasteiger partial charge is 0.305 e. The van der Waals surface area contributed by atoms with Gasteiger partial charge in [-0.3, -0.25) is 9.59 Å². The largest absolute Gasteiger partial charge is 0.469 e. The molecule has 1 aliphatic heterocycles. The number of carbonyl (C=O) groups excluding carboxylic acids is 2. The number of ether oxygens (including phenoxy) is 3. The van der Waals surface area contributed by atoms with Gasteiger partial charge in [0.15, 0.2) is 23.0 Å². The molecule has 0 bridgehead atoms. The van der Waals surface area contributed by atoms with Gasteiger partial charge < -0.3 is 18.6 Å². The number of rotatable bonds is 12. The molecule has 1 saturated heterocycles. The van der Waals surface area contributed by atoms with Gasteiger partial charge in [0.2, 0.25) is 5.89 Å². The lowest BCUT2D eigenvalue weighted by Crippen LogP contribution is -2.21. The number of Topliss-reactive ketones (excluding diaryl/α,β-unsaturated/α-hetero) is 1. The van der Waals surface area contributed by atoms with Crippen LogP contribution < -0.4 is 0 Å². The van der Waals surface area contributed by atoms with E-state index in [0.717, 1.165) is 24.8 Å². The maximum Gasteiger partial charge on any atom is 0.305 e. The van der Waals surface area contributed by atoms with E-state index in [4.69, 9.17) is 18.6 Å². The molecular formula is C27H35NO6. The molecule has 7 heteroatoms. The second-order valence-electron chi connectivity index (χ2n) is 8.94. The predicted octanol–water partition coefficient (Wildman–Crippen LogP) is 5.98. The quantitative estimate of drug-likeness (QED) is 0.215. The highest BCUT2D eigenvalue weighted by Crippen LogP contribution is 2.33. The van der Waals surface area contributed by atoms with Gasteiger partial charge >= 0.3 is 5.97 Å². The van der Waals surface area contributed by atoms with Gasteiger partial charge in [0.05, 0.1) is 13.2 Å².